The first-order valence-electron chi connectivity index (χ1n) is 5.84. The van der Waals surface area contributed by atoms with Crippen LogP contribution in [0.2, 0.25) is 0 Å². The Hall–Kier alpha value is -1.82. The molecule has 0 aliphatic heterocycles. The van der Waals surface area contributed by atoms with E-state index >= 15 is 0 Å². The molecule has 0 aliphatic carbocycles. The molecule has 0 spiro atoms. The quantitative estimate of drug-likeness (QED) is 0.866. The Kier molecular flexibility index (Phi) is 3.99. The molecule has 0 aromatic carbocycles. The summed E-state index contributed by atoms with van der Waals surface area (Å²) in [4.78, 5) is 4.04. The molecule has 0 amide bonds. The Bertz CT molecular complexity index is 493. The number of hydrogen-bond acceptors (Lipinski definition) is 4. The standard InChI is InChI=1S/C12H16FN5/c1-9(11-4-3-10(13)7-15-11)14-6-5-12-17-16-8-18(12)2/h3-4,7-9,14H,5-6H2,1-2H3. The molecule has 0 bridgehead atoms. The van der Waals surface area contributed by atoms with E-state index in [9.17, 15) is 4.39 Å². The maximum Gasteiger partial charge on any atom is 0.141 e. The SMILES string of the molecule is CC(NCCc1nncn1C)c1ccc(F)cn1. The lowest BCUT2D eigenvalue weighted by Gasteiger charge is -2.12. The van der Waals surface area contributed by atoms with Crippen LogP contribution in [0.25, 0.3) is 0 Å². The number of nitrogens with zero attached hydrogens (tertiary/aromatic N) is 4. The maximum absolute atomic E-state index is 12.7. The van der Waals surface area contributed by atoms with Gasteiger partial charge in [0.2, 0.25) is 0 Å². The van der Waals surface area contributed by atoms with Gasteiger partial charge in [0.05, 0.1) is 11.9 Å². The molecule has 2 aromatic rings. The van der Waals surface area contributed by atoms with Crippen LogP contribution < -0.4 is 5.32 Å². The number of rotatable bonds is 5. The summed E-state index contributed by atoms with van der Waals surface area (Å²) in [6.07, 6.45) is 3.71. The summed E-state index contributed by atoms with van der Waals surface area (Å²) in [6.45, 7) is 2.77. The Morgan fingerprint density at radius 1 is 1.44 bits per heavy atom. The van der Waals surface area contributed by atoms with Crippen molar-refractivity contribution in [2.24, 2.45) is 7.05 Å². The molecule has 2 heterocycles. The van der Waals surface area contributed by atoms with Crippen molar-refractivity contribution in [3.05, 3.63) is 42.0 Å². The first-order chi connectivity index (χ1) is 8.66. The molecule has 1 atom stereocenters. The third-order valence-electron chi connectivity index (χ3n) is 2.80. The fourth-order valence-corrected chi connectivity index (χ4v) is 1.68. The predicted molar refractivity (Wildman–Crippen MR) is 65.3 cm³/mol. The van der Waals surface area contributed by atoms with E-state index < -0.39 is 0 Å². The van der Waals surface area contributed by atoms with Crippen molar-refractivity contribution in [1.29, 1.82) is 0 Å². The Labute approximate surface area is 105 Å². The van der Waals surface area contributed by atoms with Crippen LogP contribution in [-0.4, -0.2) is 26.3 Å². The zero-order valence-electron chi connectivity index (χ0n) is 10.5. The molecule has 2 aromatic heterocycles. The van der Waals surface area contributed by atoms with Gasteiger partial charge in [0.25, 0.3) is 0 Å². The zero-order chi connectivity index (χ0) is 13.0. The van der Waals surface area contributed by atoms with E-state index in [1.165, 1.54) is 12.3 Å². The fraction of sp³-hybridized carbons (Fsp3) is 0.417. The van der Waals surface area contributed by atoms with Crippen molar-refractivity contribution >= 4 is 0 Å². The summed E-state index contributed by atoms with van der Waals surface area (Å²) in [5.74, 6) is 0.617. The predicted octanol–water partition coefficient (Wildman–Crippen LogP) is 1.24. The normalized spacial score (nSPS) is 12.6. The minimum atomic E-state index is -0.315. The van der Waals surface area contributed by atoms with Gasteiger partial charge in [-0.3, -0.25) is 4.98 Å². The number of halogens is 1. The molecule has 0 fully saturated rings. The Morgan fingerprint density at radius 2 is 2.28 bits per heavy atom. The molecule has 1 unspecified atom stereocenters. The lowest BCUT2D eigenvalue weighted by atomic mass is 10.2. The summed E-state index contributed by atoms with van der Waals surface area (Å²) >= 11 is 0. The molecule has 5 nitrogen and oxygen atoms in total. The van der Waals surface area contributed by atoms with Crippen LogP contribution in [0, 0.1) is 5.82 Å². The molecule has 0 aliphatic rings. The molecular weight excluding hydrogens is 233 g/mol. The molecule has 18 heavy (non-hydrogen) atoms. The van der Waals surface area contributed by atoms with Gasteiger partial charge in [-0.1, -0.05) is 0 Å². The van der Waals surface area contributed by atoms with Crippen molar-refractivity contribution in [3.63, 3.8) is 0 Å². The Balaban J connectivity index is 1.83. The first kappa shape index (κ1) is 12.6. The maximum atomic E-state index is 12.7. The van der Waals surface area contributed by atoms with Crippen molar-refractivity contribution in [2.75, 3.05) is 6.54 Å². The molecule has 1 N–H and O–H groups in total. The summed E-state index contributed by atoms with van der Waals surface area (Å²) in [5, 5.41) is 11.1. The van der Waals surface area contributed by atoms with Crippen molar-refractivity contribution in [3.8, 4) is 0 Å². The van der Waals surface area contributed by atoms with Gasteiger partial charge in [0, 0.05) is 26.1 Å². The Morgan fingerprint density at radius 3 is 2.89 bits per heavy atom. The minimum Gasteiger partial charge on any atom is -0.321 e. The van der Waals surface area contributed by atoms with Crippen LogP contribution in [0.5, 0.6) is 0 Å². The third kappa shape index (κ3) is 3.10. The number of pyridine rings is 1. The van der Waals surface area contributed by atoms with Gasteiger partial charge in [0.1, 0.15) is 18.0 Å². The molecule has 0 saturated carbocycles. The van der Waals surface area contributed by atoms with E-state index in [1.807, 2.05) is 18.5 Å². The van der Waals surface area contributed by atoms with Gasteiger partial charge in [-0.25, -0.2) is 4.39 Å². The number of aryl methyl sites for hydroxylation is 1. The van der Waals surface area contributed by atoms with Crippen LogP contribution in [0.4, 0.5) is 4.39 Å². The lowest BCUT2D eigenvalue weighted by Crippen LogP contribution is -2.23. The molecule has 96 valence electrons. The average molecular weight is 249 g/mol. The highest BCUT2D eigenvalue weighted by molar-refractivity contribution is 5.08. The van der Waals surface area contributed by atoms with E-state index in [2.05, 4.69) is 20.5 Å². The first-order valence-corrected chi connectivity index (χ1v) is 5.84. The van der Waals surface area contributed by atoms with Gasteiger partial charge in [0.15, 0.2) is 0 Å². The smallest absolute Gasteiger partial charge is 0.141 e. The number of aromatic nitrogens is 4. The van der Waals surface area contributed by atoms with E-state index in [-0.39, 0.29) is 11.9 Å². The van der Waals surface area contributed by atoms with Crippen molar-refractivity contribution < 1.29 is 4.39 Å². The topological polar surface area (TPSA) is 55.6 Å². The molecule has 0 radical (unpaired) electrons. The zero-order valence-corrected chi connectivity index (χ0v) is 10.5. The lowest BCUT2D eigenvalue weighted by molar-refractivity contribution is 0.548. The van der Waals surface area contributed by atoms with Gasteiger partial charge >= 0.3 is 0 Å². The largest absolute Gasteiger partial charge is 0.321 e. The highest BCUT2D eigenvalue weighted by Crippen LogP contribution is 2.09. The van der Waals surface area contributed by atoms with Crippen LogP contribution in [0.3, 0.4) is 0 Å². The molecule has 2 rings (SSSR count). The summed E-state index contributed by atoms with van der Waals surface area (Å²) < 4.78 is 14.6. The summed E-state index contributed by atoms with van der Waals surface area (Å²) in [7, 11) is 1.92. The second-order valence-electron chi connectivity index (χ2n) is 4.19. The van der Waals surface area contributed by atoms with Gasteiger partial charge < -0.3 is 9.88 Å². The summed E-state index contributed by atoms with van der Waals surface area (Å²) in [5.41, 5.74) is 0.828. The van der Waals surface area contributed by atoms with Gasteiger partial charge in [-0.2, -0.15) is 0 Å². The second-order valence-corrected chi connectivity index (χ2v) is 4.19. The van der Waals surface area contributed by atoms with E-state index in [0.29, 0.717) is 0 Å². The third-order valence-corrected chi connectivity index (χ3v) is 2.80. The van der Waals surface area contributed by atoms with Crippen molar-refractivity contribution in [2.45, 2.75) is 19.4 Å². The van der Waals surface area contributed by atoms with Crippen LogP contribution in [0.15, 0.2) is 24.7 Å². The van der Waals surface area contributed by atoms with Crippen LogP contribution in [-0.2, 0) is 13.5 Å². The van der Waals surface area contributed by atoms with Crippen LogP contribution in [0.1, 0.15) is 24.5 Å². The molecule has 6 heteroatoms. The number of hydrogen-bond donors (Lipinski definition) is 1. The van der Waals surface area contributed by atoms with E-state index in [4.69, 9.17) is 0 Å². The minimum absolute atomic E-state index is 0.0822. The summed E-state index contributed by atoms with van der Waals surface area (Å²) in [6, 6.07) is 3.19. The van der Waals surface area contributed by atoms with Crippen molar-refractivity contribution in [1.82, 2.24) is 25.1 Å². The van der Waals surface area contributed by atoms with E-state index in [1.54, 1.807) is 12.4 Å². The fourth-order valence-electron chi connectivity index (χ4n) is 1.68. The molecular formula is C12H16FN5. The highest BCUT2D eigenvalue weighted by Gasteiger charge is 2.07. The highest BCUT2D eigenvalue weighted by atomic mass is 19.1. The van der Waals surface area contributed by atoms with E-state index in [0.717, 1.165) is 24.5 Å². The average Bonchev–Trinajstić information content (AvgIpc) is 2.76. The monoisotopic (exact) mass is 249 g/mol. The second kappa shape index (κ2) is 5.68. The van der Waals surface area contributed by atoms with Crippen LogP contribution >= 0.6 is 0 Å². The van der Waals surface area contributed by atoms with Gasteiger partial charge in [-0.15, -0.1) is 10.2 Å². The molecule has 0 saturated heterocycles. The number of nitrogens with one attached hydrogen (secondary N) is 1. The van der Waals surface area contributed by atoms with Gasteiger partial charge in [-0.05, 0) is 19.1 Å².